The molecule has 3 aromatic carbocycles. The number of rotatable bonds is 26. The number of aryl methyl sites for hydroxylation is 4. The van der Waals surface area contributed by atoms with E-state index < -0.39 is 6.10 Å². The average Bonchev–Trinajstić information content (AvgIpc) is 3.23. The number of hydrogen-bond donors (Lipinski definition) is 4. The fourth-order valence-electron chi connectivity index (χ4n) is 6.81. The average molecular weight is 878 g/mol. The van der Waals surface area contributed by atoms with Gasteiger partial charge in [0, 0.05) is 18.4 Å². The number of anilines is 1. The molecule has 0 saturated carbocycles. The van der Waals surface area contributed by atoms with Gasteiger partial charge in [-0.1, -0.05) is 123 Å². The van der Waals surface area contributed by atoms with E-state index in [2.05, 4.69) is 33.0 Å². The minimum atomic E-state index is -0.596. The summed E-state index contributed by atoms with van der Waals surface area (Å²) in [5.74, 6) is 0.730. The fraction of sp³-hybridized carbons (Fsp3) is 0.604. The number of unbranched alkanes of at least 4 members (excludes halogenated alkanes) is 9. The Bertz CT molecular complexity index is 1770. The molecule has 354 valence electrons. The number of carbonyl (C=O) groups excluding carboxylic acids is 3. The minimum absolute atomic E-state index is 0.0186. The Morgan fingerprint density at radius 2 is 1.13 bits per heavy atom. The quantitative estimate of drug-likeness (QED) is 0.0267. The van der Waals surface area contributed by atoms with E-state index in [4.69, 9.17) is 14.2 Å². The van der Waals surface area contributed by atoms with E-state index in [0.29, 0.717) is 55.7 Å². The third-order valence-electron chi connectivity index (χ3n) is 10.9. The summed E-state index contributed by atoms with van der Waals surface area (Å²) < 4.78 is 16.3. The van der Waals surface area contributed by atoms with Gasteiger partial charge in [-0.05, 0) is 125 Å². The zero-order chi connectivity index (χ0) is 47.2. The van der Waals surface area contributed by atoms with Crippen LogP contribution in [0, 0.1) is 27.7 Å². The number of nitrogens with one attached hydrogen (secondary N) is 1. The van der Waals surface area contributed by atoms with Crippen molar-refractivity contribution in [3.63, 3.8) is 0 Å². The van der Waals surface area contributed by atoms with E-state index in [9.17, 15) is 29.7 Å². The summed E-state index contributed by atoms with van der Waals surface area (Å²) in [7, 11) is 0. The molecule has 10 nitrogen and oxygen atoms in total. The molecule has 0 heterocycles. The van der Waals surface area contributed by atoms with Gasteiger partial charge in [-0.2, -0.15) is 0 Å². The summed E-state index contributed by atoms with van der Waals surface area (Å²) in [5, 5.41) is 32.8. The van der Waals surface area contributed by atoms with Crippen LogP contribution in [-0.4, -0.2) is 52.5 Å². The first-order valence-corrected chi connectivity index (χ1v) is 23.7. The molecule has 1 unspecified atom stereocenters. The van der Waals surface area contributed by atoms with Crippen LogP contribution in [0.4, 0.5) is 5.69 Å². The highest BCUT2D eigenvalue weighted by Crippen LogP contribution is 2.38. The number of carbonyl (C=O) groups is 3. The van der Waals surface area contributed by atoms with Crippen LogP contribution in [0.15, 0.2) is 48.5 Å². The van der Waals surface area contributed by atoms with Crippen molar-refractivity contribution in [3.05, 3.63) is 76.3 Å². The van der Waals surface area contributed by atoms with Crippen molar-refractivity contribution in [2.45, 2.75) is 196 Å². The highest BCUT2D eigenvalue weighted by Gasteiger charge is 2.25. The summed E-state index contributed by atoms with van der Waals surface area (Å²) in [5.41, 5.74) is 4.58. The summed E-state index contributed by atoms with van der Waals surface area (Å²) in [6.07, 6.45) is 16.6. The lowest BCUT2D eigenvalue weighted by molar-refractivity contribution is -0.144. The van der Waals surface area contributed by atoms with Crippen LogP contribution in [0.25, 0.3) is 0 Å². The van der Waals surface area contributed by atoms with E-state index in [1.54, 1.807) is 37.3 Å². The highest BCUT2D eigenvalue weighted by molar-refractivity contribution is 5.95. The highest BCUT2D eigenvalue weighted by atomic mass is 16.5. The Kier molecular flexibility index (Phi) is 28.6. The van der Waals surface area contributed by atoms with Gasteiger partial charge in [-0.3, -0.25) is 14.4 Å². The molecule has 0 aromatic heterocycles. The second-order valence-electron chi connectivity index (χ2n) is 17.4. The molecule has 0 radical (unpaired) electrons. The van der Waals surface area contributed by atoms with E-state index in [1.807, 2.05) is 52.8 Å². The normalized spacial score (nSPS) is 11.3. The maximum absolute atomic E-state index is 12.7. The maximum Gasteiger partial charge on any atom is 0.305 e. The van der Waals surface area contributed by atoms with Crippen molar-refractivity contribution in [2.75, 3.05) is 18.5 Å². The number of amides is 1. The summed E-state index contributed by atoms with van der Waals surface area (Å²) in [6.45, 7) is 21.4. The van der Waals surface area contributed by atoms with Crippen molar-refractivity contribution in [2.24, 2.45) is 0 Å². The Balaban J connectivity index is 0.000000493. The predicted octanol–water partition coefficient (Wildman–Crippen LogP) is 13.6. The number of esters is 2. The summed E-state index contributed by atoms with van der Waals surface area (Å²) >= 11 is 0. The van der Waals surface area contributed by atoms with Gasteiger partial charge in [0.1, 0.15) is 23.0 Å². The number of hydrogen-bond acceptors (Lipinski definition) is 9. The van der Waals surface area contributed by atoms with Crippen molar-refractivity contribution in [3.8, 4) is 23.0 Å². The lowest BCUT2D eigenvalue weighted by atomic mass is 9.79. The van der Waals surface area contributed by atoms with E-state index in [0.717, 1.165) is 80.2 Å². The molecule has 0 saturated heterocycles. The first-order valence-electron chi connectivity index (χ1n) is 23.7. The lowest BCUT2D eigenvalue weighted by Crippen LogP contribution is -2.33. The molecule has 63 heavy (non-hydrogen) atoms. The van der Waals surface area contributed by atoms with E-state index in [1.165, 1.54) is 32.1 Å². The van der Waals surface area contributed by atoms with Crippen molar-refractivity contribution >= 4 is 23.5 Å². The Morgan fingerprint density at radius 3 is 1.70 bits per heavy atom. The molecule has 3 rings (SSSR count). The molecule has 0 aliphatic carbocycles. The van der Waals surface area contributed by atoms with Crippen LogP contribution >= 0.6 is 0 Å². The smallest absolute Gasteiger partial charge is 0.305 e. The van der Waals surface area contributed by atoms with Gasteiger partial charge in [0.25, 0.3) is 5.91 Å². The van der Waals surface area contributed by atoms with Crippen molar-refractivity contribution in [1.82, 2.24) is 0 Å². The van der Waals surface area contributed by atoms with Gasteiger partial charge in [0.05, 0.1) is 18.9 Å². The van der Waals surface area contributed by atoms with Gasteiger partial charge in [0.15, 0.2) is 6.10 Å². The third kappa shape index (κ3) is 24.1. The number of ether oxygens (including phenoxy) is 3. The van der Waals surface area contributed by atoms with Crippen LogP contribution in [0.1, 0.15) is 185 Å². The van der Waals surface area contributed by atoms with Crippen molar-refractivity contribution in [1.29, 1.82) is 0 Å². The largest absolute Gasteiger partial charge is 0.508 e. The molecule has 4 N–H and O–H groups in total. The maximum atomic E-state index is 12.7. The monoisotopic (exact) mass is 878 g/mol. The minimum Gasteiger partial charge on any atom is -0.508 e. The second-order valence-corrected chi connectivity index (χ2v) is 17.4. The predicted molar refractivity (Wildman–Crippen MR) is 257 cm³/mol. The fourth-order valence-corrected chi connectivity index (χ4v) is 6.81. The summed E-state index contributed by atoms with van der Waals surface area (Å²) in [4.78, 5) is 35.6. The van der Waals surface area contributed by atoms with Gasteiger partial charge in [-0.25, -0.2) is 0 Å². The van der Waals surface area contributed by atoms with Gasteiger partial charge < -0.3 is 34.8 Å². The summed E-state index contributed by atoms with van der Waals surface area (Å²) in [6, 6.07) is 14.2. The van der Waals surface area contributed by atoms with Gasteiger partial charge in [-0.15, -0.1) is 0 Å². The molecular formula is C53H83NO9. The first kappa shape index (κ1) is 56.3. The Hall–Kier alpha value is -4.73. The van der Waals surface area contributed by atoms with Gasteiger partial charge in [0.2, 0.25) is 0 Å². The third-order valence-corrected chi connectivity index (χ3v) is 10.9. The SMILES string of the molecule is CCCCC(Oc1ccc(C)cc1C)C(=O)Nc1cc(C)ccc1O.CCCCCCOC(=O)CCCC(C)(C)c1cc(O)c(C)cc1O.CCCCCCOC(=O)CCCCC. The Morgan fingerprint density at radius 1 is 0.587 bits per heavy atom. The Labute approximate surface area is 380 Å². The number of phenolic OH excluding ortho intramolecular Hbond substituents is 3. The first-order chi connectivity index (χ1) is 30.0. The number of aromatic hydroxyl groups is 3. The molecule has 3 aromatic rings. The van der Waals surface area contributed by atoms with E-state index >= 15 is 0 Å². The van der Waals surface area contributed by atoms with Crippen LogP contribution in [0.5, 0.6) is 23.0 Å². The lowest BCUT2D eigenvalue weighted by Gasteiger charge is -2.26. The van der Waals surface area contributed by atoms with Crippen LogP contribution < -0.4 is 10.1 Å². The zero-order valence-corrected chi connectivity index (χ0v) is 40.6. The second kappa shape index (κ2) is 32.0. The van der Waals surface area contributed by atoms with Crippen molar-refractivity contribution < 1.29 is 43.9 Å². The molecule has 0 bridgehead atoms. The molecule has 1 amide bonds. The van der Waals surface area contributed by atoms with E-state index in [-0.39, 0.29) is 40.5 Å². The molecular weight excluding hydrogens is 795 g/mol. The molecule has 0 aliphatic heterocycles. The van der Waals surface area contributed by atoms with Gasteiger partial charge >= 0.3 is 11.9 Å². The molecule has 0 spiro atoms. The number of phenols is 3. The zero-order valence-electron chi connectivity index (χ0n) is 40.6. The molecule has 1 atom stereocenters. The van der Waals surface area contributed by atoms with Crippen LogP contribution in [-0.2, 0) is 29.3 Å². The van der Waals surface area contributed by atoms with Crippen LogP contribution in [0.2, 0.25) is 0 Å². The molecule has 0 aliphatic rings. The standard InChI is InChI=1S/C21H27NO3.C20H32O4.C12H24O2/c1-5-6-7-20(25-19-11-9-14(2)12-16(19)4)21(24)22-17-13-15(3)8-10-18(17)23;1-5-6-7-8-12-24-19(23)10-9-11-20(3,4)16-14-17(21)15(2)13-18(16)22;1-3-5-7-9-11-14-12(13)10-8-6-4-2/h8-13,20,23H,5-7H2,1-4H3,(H,22,24);13-14,21-22H,5-12H2,1-4H3;3-11H2,1-2H3. The molecule has 0 fully saturated rings. The molecule has 10 heteroatoms. The van der Waals surface area contributed by atoms with Crippen LogP contribution in [0.3, 0.4) is 0 Å². The number of benzene rings is 3. The topological polar surface area (TPSA) is 152 Å².